The molecule has 0 aromatic carbocycles. The van der Waals surface area contributed by atoms with Gasteiger partial charge in [-0.05, 0) is 0 Å². The fourth-order valence-corrected chi connectivity index (χ4v) is 1.32. The third-order valence-electron chi connectivity index (χ3n) is 0.711. The van der Waals surface area contributed by atoms with Crippen molar-refractivity contribution in [2.75, 3.05) is 7.11 Å². The van der Waals surface area contributed by atoms with Crippen LogP contribution in [0.25, 0.3) is 0 Å². The van der Waals surface area contributed by atoms with Crippen molar-refractivity contribution in [3.63, 3.8) is 0 Å². The van der Waals surface area contributed by atoms with Gasteiger partial charge in [0.15, 0.2) is 0 Å². The van der Waals surface area contributed by atoms with Crippen molar-refractivity contribution in [2.45, 2.75) is 0 Å². The average molecular weight is 178 g/mol. The van der Waals surface area contributed by atoms with E-state index in [9.17, 15) is 4.57 Å². The molecule has 10 heavy (non-hydrogen) atoms. The molecule has 0 fully saturated rings. The van der Waals surface area contributed by atoms with Gasteiger partial charge >= 0.3 is 13.4 Å². The molecule has 0 bridgehead atoms. The van der Waals surface area contributed by atoms with Crippen molar-refractivity contribution < 1.29 is 13.6 Å². The summed E-state index contributed by atoms with van der Waals surface area (Å²) in [5.41, 5.74) is 0. The zero-order valence-electron chi connectivity index (χ0n) is 5.18. The molecule has 1 aromatic heterocycles. The Labute approximate surface area is 62.8 Å². The summed E-state index contributed by atoms with van der Waals surface area (Å²) in [7, 11) is -0.719. The fourth-order valence-electron chi connectivity index (χ4n) is 0.356. The van der Waals surface area contributed by atoms with Gasteiger partial charge in [-0.2, -0.15) is 4.52 Å². The molecule has 0 aliphatic rings. The second-order valence-corrected chi connectivity index (χ2v) is 3.15. The molecule has 0 N–H and O–H groups in total. The molecule has 0 aliphatic heterocycles. The number of hydrogen-bond donors (Lipinski definition) is 0. The molecule has 1 unspecified atom stereocenters. The van der Waals surface area contributed by atoms with Crippen molar-refractivity contribution in [3.8, 4) is 5.19 Å². The molecule has 1 heterocycles. The first-order chi connectivity index (χ1) is 4.83. The van der Waals surface area contributed by atoms with E-state index >= 15 is 0 Å². The Morgan fingerprint density at radius 2 is 2.60 bits per heavy atom. The Balaban J connectivity index is 2.48. The molecular formula is C4H5NO3PS+. The highest BCUT2D eigenvalue weighted by Crippen LogP contribution is 2.27. The molecule has 0 spiro atoms. The lowest BCUT2D eigenvalue weighted by Gasteiger charge is -1.78. The van der Waals surface area contributed by atoms with Crippen molar-refractivity contribution >= 4 is 19.6 Å². The van der Waals surface area contributed by atoms with Gasteiger partial charge in [0.1, 0.15) is 0 Å². The number of nitrogens with zero attached hydrogens (tertiary/aromatic N) is 1. The highest BCUT2D eigenvalue weighted by molar-refractivity contribution is 7.34. The van der Waals surface area contributed by atoms with E-state index in [1.54, 1.807) is 11.6 Å². The molecule has 6 heteroatoms. The lowest BCUT2D eigenvalue weighted by Crippen LogP contribution is -1.79. The van der Waals surface area contributed by atoms with Gasteiger partial charge < -0.3 is 0 Å². The van der Waals surface area contributed by atoms with Gasteiger partial charge in [0, 0.05) is 16.1 Å². The summed E-state index contributed by atoms with van der Waals surface area (Å²) in [6.07, 6.45) is 1.57. The Bertz CT molecular complexity index is 212. The molecule has 0 saturated heterocycles. The minimum Gasteiger partial charge on any atom is -0.207 e. The van der Waals surface area contributed by atoms with E-state index in [0.717, 1.165) is 0 Å². The van der Waals surface area contributed by atoms with Crippen molar-refractivity contribution in [1.82, 2.24) is 4.98 Å². The molecule has 4 nitrogen and oxygen atoms in total. The van der Waals surface area contributed by atoms with Crippen LogP contribution >= 0.6 is 19.6 Å². The first-order valence-corrected chi connectivity index (χ1v) is 4.39. The standard InChI is InChI=1S/C4H5NO3PS/c1-7-9(6)8-4-5-2-3-10-4/h2-3H,1H3/q+1. The van der Waals surface area contributed by atoms with Crippen molar-refractivity contribution in [1.29, 1.82) is 0 Å². The van der Waals surface area contributed by atoms with Crippen LogP contribution in [-0.4, -0.2) is 12.1 Å². The third-order valence-corrected chi connectivity index (χ3v) is 2.10. The van der Waals surface area contributed by atoms with E-state index in [0.29, 0.717) is 5.19 Å². The summed E-state index contributed by atoms with van der Waals surface area (Å²) in [5, 5.41) is 2.09. The summed E-state index contributed by atoms with van der Waals surface area (Å²) in [6.45, 7) is 0. The van der Waals surface area contributed by atoms with E-state index in [1.807, 2.05) is 0 Å². The number of thiazole rings is 1. The van der Waals surface area contributed by atoms with Crippen LogP contribution in [0.2, 0.25) is 0 Å². The Morgan fingerprint density at radius 1 is 1.80 bits per heavy atom. The monoisotopic (exact) mass is 178 g/mol. The second kappa shape index (κ2) is 3.61. The van der Waals surface area contributed by atoms with E-state index < -0.39 is 8.25 Å². The highest BCUT2D eigenvalue weighted by Gasteiger charge is 2.20. The number of rotatable bonds is 3. The second-order valence-electron chi connectivity index (χ2n) is 1.30. The summed E-state index contributed by atoms with van der Waals surface area (Å²) in [6, 6.07) is 0. The minimum atomic E-state index is -2.03. The van der Waals surface area contributed by atoms with Gasteiger partial charge in [-0.1, -0.05) is 11.3 Å². The molecule has 1 rings (SSSR count). The lowest BCUT2D eigenvalue weighted by atomic mass is 11.0. The lowest BCUT2D eigenvalue weighted by molar-refractivity contribution is 0.348. The topological polar surface area (TPSA) is 48.4 Å². The van der Waals surface area contributed by atoms with Gasteiger partial charge in [0.2, 0.25) is 0 Å². The summed E-state index contributed by atoms with van der Waals surface area (Å²) >= 11 is 1.27. The maximum Gasteiger partial charge on any atom is 0.752 e. The zero-order chi connectivity index (χ0) is 7.40. The molecule has 1 aromatic rings. The van der Waals surface area contributed by atoms with E-state index in [-0.39, 0.29) is 0 Å². The Morgan fingerprint density at radius 3 is 3.10 bits per heavy atom. The molecule has 0 saturated carbocycles. The highest BCUT2D eigenvalue weighted by atomic mass is 32.1. The van der Waals surface area contributed by atoms with Gasteiger partial charge in [0.25, 0.3) is 0 Å². The van der Waals surface area contributed by atoms with Gasteiger partial charge in [-0.3, -0.25) is 0 Å². The van der Waals surface area contributed by atoms with E-state index in [1.165, 1.54) is 18.4 Å². The fraction of sp³-hybridized carbons (Fsp3) is 0.250. The van der Waals surface area contributed by atoms with Crippen LogP contribution in [0.4, 0.5) is 0 Å². The molecular weight excluding hydrogens is 173 g/mol. The van der Waals surface area contributed by atoms with E-state index in [2.05, 4.69) is 9.51 Å². The molecule has 0 aliphatic carbocycles. The van der Waals surface area contributed by atoms with Crippen LogP contribution in [-0.2, 0) is 9.09 Å². The van der Waals surface area contributed by atoms with Gasteiger partial charge in [-0.15, -0.1) is 4.52 Å². The average Bonchev–Trinajstić information content (AvgIpc) is 2.40. The van der Waals surface area contributed by atoms with Crippen molar-refractivity contribution in [2.24, 2.45) is 0 Å². The maximum absolute atomic E-state index is 10.5. The summed E-state index contributed by atoms with van der Waals surface area (Å²) < 4.78 is 19.6. The van der Waals surface area contributed by atoms with Crippen LogP contribution in [0, 0.1) is 0 Å². The quantitative estimate of drug-likeness (QED) is 0.662. The van der Waals surface area contributed by atoms with E-state index in [4.69, 9.17) is 4.52 Å². The molecule has 0 radical (unpaired) electrons. The molecule has 54 valence electrons. The first kappa shape index (κ1) is 7.60. The van der Waals surface area contributed by atoms with Gasteiger partial charge in [0.05, 0.1) is 7.11 Å². The third kappa shape index (κ3) is 2.02. The zero-order valence-corrected chi connectivity index (χ0v) is 6.89. The molecule has 1 atom stereocenters. The minimum absolute atomic E-state index is 0.364. The van der Waals surface area contributed by atoms with Crippen LogP contribution in [0.5, 0.6) is 5.19 Å². The maximum atomic E-state index is 10.5. The Hall–Kier alpha value is -0.510. The summed E-state index contributed by atoms with van der Waals surface area (Å²) in [5.74, 6) is 0. The number of hydrogen-bond acceptors (Lipinski definition) is 5. The predicted molar refractivity (Wildman–Crippen MR) is 37.4 cm³/mol. The predicted octanol–water partition coefficient (Wildman–Crippen LogP) is 1.83. The largest absolute Gasteiger partial charge is 0.752 e. The number of aromatic nitrogens is 1. The first-order valence-electron chi connectivity index (χ1n) is 2.42. The van der Waals surface area contributed by atoms with Crippen LogP contribution in [0.1, 0.15) is 0 Å². The Kier molecular flexibility index (Phi) is 2.74. The molecule has 0 amide bonds. The van der Waals surface area contributed by atoms with Crippen molar-refractivity contribution in [3.05, 3.63) is 11.6 Å². The van der Waals surface area contributed by atoms with Crippen LogP contribution < -0.4 is 4.52 Å². The van der Waals surface area contributed by atoms with Crippen LogP contribution in [0.15, 0.2) is 11.6 Å². The summed E-state index contributed by atoms with van der Waals surface area (Å²) in [4.78, 5) is 3.74. The smallest absolute Gasteiger partial charge is 0.207 e. The van der Waals surface area contributed by atoms with Crippen LogP contribution in [0.3, 0.4) is 0 Å². The normalized spacial score (nSPS) is 11.1. The SMILES string of the molecule is CO[P+](=O)Oc1nccs1. The van der Waals surface area contributed by atoms with Gasteiger partial charge in [-0.25, -0.2) is 4.98 Å².